The summed E-state index contributed by atoms with van der Waals surface area (Å²) in [6.07, 6.45) is 8.58. The molecule has 0 aliphatic heterocycles. The number of allylic oxidation sites excluding steroid dienone is 4. The van der Waals surface area contributed by atoms with Crippen LogP contribution < -0.4 is 0 Å². The molecule has 0 aromatic rings. The monoisotopic (exact) mass is 158 g/mol. The van der Waals surface area contributed by atoms with Crippen LogP contribution in [0.1, 0.15) is 26.7 Å². The molecule has 0 aromatic carbocycles. The van der Waals surface area contributed by atoms with Gasteiger partial charge in [0.05, 0.1) is 0 Å². The van der Waals surface area contributed by atoms with E-state index in [1.807, 2.05) is 6.08 Å². The van der Waals surface area contributed by atoms with Crippen LogP contribution in [-0.4, -0.2) is 5.88 Å². The number of rotatable bonds is 4. The Morgan fingerprint density at radius 3 is 2.40 bits per heavy atom. The highest BCUT2D eigenvalue weighted by Gasteiger charge is 1.77. The van der Waals surface area contributed by atoms with Crippen molar-refractivity contribution in [3.8, 4) is 0 Å². The summed E-state index contributed by atoms with van der Waals surface area (Å²) < 4.78 is 0. The summed E-state index contributed by atoms with van der Waals surface area (Å²) in [5.74, 6) is 0.634. The van der Waals surface area contributed by atoms with Gasteiger partial charge in [-0.1, -0.05) is 23.8 Å². The normalized spacial score (nSPS) is 10.3. The quantitative estimate of drug-likeness (QED) is 0.334. The molecule has 0 aliphatic rings. The first-order valence-electron chi connectivity index (χ1n) is 3.61. The molecule has 0 heterocycles. The molecule has 0 bridgehead atoms. The van der Waals surface area contributed by atoms with Crippen molar-refractivity contribution >= 4 is 11.6 Å². The molecule has 0 aliphatic carbocycles. The molecule has 0 rings (SSSR count). The lowest BCUT2D eigenvalue weighted by Crippen LogP contribution is -1.68. The third kappa shape index (κ3) is 7.77. The van der Waals surface area contributed by atoms with Crippen molar-refractivity contribution in [2.45, 2.75) is 26.7 Å². The van der Waals surface area contributed by atoms with Crippen molar-refractivity contribution in [3.05, 3.63) is 23.8 Å². The molecule has 0 N–H and O–H groups in total. The van der Waals surface area contributed by atoms with Gasteiger partial charge in [0.1, 0.15) is 0 Å². The van der Waals surface area contributed by atoms with Crippen LogP contribution in [0.3, 0.4) is 0 Å². The molecule has 0 unspecified atom stereocenters. The van der Waals surface area contributed by atoms with Gasteiger partial charge in [-0.2, -0.15) is 0 Å². The van der Waals surface area contributed by atoms with E-state index in [0.717, 1.165) is 12.8 Å². The molecule has 0 atom stereocenters. The first kappa shape index (κ1) is 9.77. The zero-order chi connectivity index (χ0) is 7.82. The molecule has 0 saturated heterocycles. The van der Waals surface area contributed by atoms with Gasteiger partial charge in [-0.3, -0.25) is 0 Å². The Balaban J connectivity index is 3.21. The fraction of sp³-hybridized carbons (Fsp3) is 0.556. The number of alkyl halides is 1. The zero-order valence-electron chi connectivity index (χ0n) is 6.73. The molecule has 58 valence electrons. The summed E-state index contributed by atoms with van der Waals surface area (Å²) in [6.45, 7) is 4.23. The molecular formula is C9H15Cl. The maximum absolute atomic E-state index is 5.44. The van der Waals surface area contributed by atoms with Gasteiger partial charge < -0.3 is 0 Å². The van der Waals surface area contributed by atoms with E-state index in [9.17, 15) is 0 Å². The Labute approximate surface area is 68.6 Å². The Morgan fingerprint density at radius 1 is 1.20 bits per heavy atom. The molecule has 0 amide bonds. The van der Waals surface area contributed by atoms with Gasteiger partial charge in [0, 0.05) is 5.88 Å². The molecule has 0 fully saturated rings. The van der Waals surface area contributed by atoms with E-state index < -0.39 is 0 Å². The third-order valence-electron chi connectivity index (χ3n) is 1.14. The number of hydrogen-bond acceptors (Lipinski definition) is 0. The van der Waals surface area contributed by atoms with Crippen LogP contribution in [0, 0.1) is 0 Å². The highest BCUT2D eigenvalue weighted by atomic mass is 35.5. The van der Waals surface area contributed by atoms with E-state index in [0.29, 0.717) is 5.88 Å². The molecule has 1 heteroatoms. The van der Waals surface area contributed by atoms with Gasteiger partial charge in [-0.05, 0) is 26.7 Å². The van der Waals surface area contributed by atoms with Crippen LogP contribution >= 0.6 is 11.6 Å². The minimum Gasteiger partial charge on any atom is -0.122 e. The summed E-state index contributed by atoms with van der Waals surface area (Å²) in [6, 6.07) is 0. The summed E-state index contributed by atoms with van der Waals surface area (Å²) in [7, 11) is 0. The van der Waals surface area contributed by atoms with E-state index in [4.69, 9.17) is 11.6 Å². The van der Waals surface area contributed by atoms with Gasteiger partial charge in [0.15, 0.2) is 0 Å². The lowest BCUT2D eigenvalue weighted by atomic mass is 10.2. The predicted molar refractivity (Wildman–Crippen MR) is 48.5 cm³/mol. The topological polar surface area (TPSA) is 0 Å². The van der Waals surface area contributed by atoms with E-state index in [2.05, 4.69) is 26.0 Å². The molecule has 0 saturated carbocycles. The van der Waals surface area contributed by atoms with Crippen molar-refractivity contribution in [2.75, 3.05) is 5.88 Å². The van der Waals surface area contributed by atoms with Crippen molar-refractivity contribution in [1.29, 1.82) is 0 Å². The van der Waals surface area contributed by atoms with E-state index in [-0.39, 0.29) is 0 Å². The molecule has 0 nitrogen and oxygen atoms in total. The molecule has 0 radical (unpaired) electrons. The first-order chi connectivity index (χ1) is 4.77. The van der Waals surface area contributed by atoms with Crippen LogP contribution in [0.25, 0.3) is 0 Å². The highest BCUT2D eigenvalue weighted by molar-refractivity contribution is 6.18. The summed E-state index contributed by atoms with van der Waals surface area (Å²) >= 11 is 5.44. The Hall–Kier alpha value is -0.230. The Bertz CT molecular complexity index is 119. The summed E-state index contributed by atoms with van der Waals surface area (Å²) in [5.41, 5.74) is 1.39. The largest absolute Gasteiger partial charge is 0.122 e. The fourth-order valence-corrected chi connectivity index (χ4v) is 0.775. The predicted octanol–water partition coefficient (Wildman–Crippen LogP) is 3.53. The number of unbranched alkanes of at least 4 members (excludes halogenated alkanes) is 1. The zero-order valence-corrected chi connectivity index (χ0v) is 7.49. The summed E-state index contributed by atoms with van der Waals surface area (Å²) in [5, 5.41) is 0. The van der Waals surface area contributed by atoms with Crippen LogP contribution in [0.4, 0.5) is 0 Å². The lowest BCUT2D eigenvalue weighted by molar-refractivity contribution is 1.03. The summed E-state index contributed by atoms with van der Waals surface area (Å²) in [4.78, 5) is 0. The van der Waals surface area contributed by atoms with E-state index in [1.165, 1.54) is 5.57 Å². The van der Waals surface area contributed by atoms with Gasteiger partial charge in [-0.15, -0.1) is 11.6 Å². The van der Waals surface area contributed by atoms with E-state index in [1.54, 1.807) is 0 Å². The van der Waals surface area contributed by atoms with Gasteiger partial charge in [0.2, 0.25) is 0 Å². The van der Waals surface area contributed by atoms with Crippen molar-refractivity contribution in [1.82, 2.24) is 0 Å². The second-order valence-electron chi connectivity index (χ2n) is 2.48. The van der Waals surface area contributed by atoms with E-state index >= 15 is 0 Å². The molecule has 0 aromatic heterocycles. The highest BCUT2D eigenvalue weighted by Crippen LogP contribution is 1.97. The van der Waals surface area contributed by atoms with Gasteiger partial charge >= 0.3 is 0 Å². The second kappa shape index (κ2) is 6.88. The van der Waals surface area contributed by atoms with Crippen molar-refractivity contribution in [3.63, 3.8) is 0 Å². The Morgan fingerprint density at radius 2 is 1.90 bits per heavy atom. The number of hydrogen-bond donors (Lipinski definition) is 0. The first-order valence-corrected chi connectivity index (χ1v) is 4.15. The van der Waals surface area contributed by atoms with Crippen LogP contribution in [0.2, 0.25) is 0 Å². The van der Waals surface area contributed by atoms with Crippen LogP contribution in [0.15, 0.2) is 23.8 Å². The molecular weight excluding hydrogens is 144 g/mol. The van der Waals surface area contributed by atoms with Gasteiger partial charge in [-0.25, -0.2) is 0 Å². The average molecular weight is 159 g/mol. The lowest BCUT2D eigenvalue weighted by Gasteiger charge is -1.88. The standard InChI is InChI=1S/C9H15Cl/c1-9(2)7-5-3-4-6-8-10/h4,6-7H,3,5,8H2,1-2H3. The van der Waals surface area contributed by atoms with Crippen molar-refractivity contribution < 1.29 is 0 Å². The minimum atomic E-state index is 0.634. The maximum Gasteiger partial charge on any atom is 0.0404 e. The fourth-order valence-electron chi connectivity index (χ4n) is 0.649. The van der Waals surface area contributed by atoms with Gasteiger partial charge in [0.25, 0.3) is 0 Å². The third-order valence-corrected chi connectivity index (χ3v) is 1.32. The van der Waals surface area contributed by atoms with Crippen LogP contribution in [-0.2, 0) is 0 Å². The van der Waals surface area contributed by atoms with Crippen molar-refractivity contribution in [2.24, 2.45) is 0 Å². The second-order valence-corrected chi connectivity index (χ2v) is 2.79. The maximum atomic E-state index is 5.44. The molecule has 10 heavy (non-hydrogen) atoms. The SMILES string of the molecule is CC(C)=CCCC=CCCl. The minimum absolute atomic E-state index is 0.634. The average Bonchev–Trinajstić information content (AvgIpc) is 1.87. The smallest absolute Gasteiger partial charge is 0.0404 e. The van der Waals surface area contributed by atoms with Crippen LogP contribution in [0.5, 0.6) is 0 Å². The Kier molecular flexibility index (Phi) is 6.73. The molecule has 0 spiro atoms. The number of halogens is 1.